The fourth-order valence-electron chi connectivity index (χ4n) is 4.13. The Morgan fingerprint density at radius 1 is 1.16 bits per heavy atom. The summed E-state index contributed by atoms with van der Waals surface area (Å²) >= 11 is 0. The van der Waals surface area contributed by atoms with E-state index in [1.54, 1.807) is 0 Å². The van der Waals surface area contributed by atoms with Gasteiger partial charge in [-0.2, -0.15) is 4.98 Å². The summed E-state index contributed by atoms with van der Waals surface area (Å²) in [5.41, 5.74) is 1.16. The van der Waals surface area contributed by atoms with Gasteiger partial charge in [0.1, 0.15) is 6.04 Å². The third-order valence-electron chi connectivity index (χ3n) is 5.65. The molecule has 0 spiro atoms. The SMILES string of the molecule is CCCCCC1CCC(N(C)C(c2ccncc2)c2ncno2)CC1. The average molecular weight is 342 g/mol. The molecule has 2 aromatic heterocycles. The molecular weight excluding hydrogens is 312 g/mol. The highest BCUT2D eigenvalue weighted by Gasteiger charge is 2.32. The Morgan fingerprint density at radius 2 is 1.92 bits per heavy atom. The molecule has 1 aliphatic rings. The van der Waals surface area contributed by atoms with Crippen LogP contribution in [0.5, 0.6) is 0 Å². The Morgan fingerprint density at radius 3 is 2.56 bits per heavy atom. The standard InChI is InChI=1S/C20H30N4O/c1-3-4-5-6-16-7-9-18(10-8-16)24(2)19(20-22-15-23-25-20)17-11-13-21-14-12-17/h11-16,18-19H,3-10H2,1-2H3. The first-order chi connectivity index (χ1) is 12.3. The first-order valence-electron chi connectivity index (χ1n) is 9.68. The van der Waals surface area contributed by atoms with E-state index in [9.17, 15) is 0 Å². The highest BCUT2D eigenvalue weighted by atomic mass is 16.5. The summed E-state index contributed by atoms with van der Waals surface area (Å²) in [6.45, 7) is 2.28. The Labute approximate surface area is 150 Å². The molecule has 1 aliphatic carbocycles. The van der Waals surface area contributed by atoms with Crippen molar-refractivity contribution >= 4 is 0 Å². The predicted octanol–water partition coefficient (Wildman–Crippen LogP) is 4.62. The third kappa shape index (κ3) is 4.66. The van der Waals surface area contributed by atoms with Crippen molar-refractivity contribution < 1.29 is 4.52 Å². The minimum Gasteiger partial charge on any atom is -0.338 e. The van der Waals surface area contributed by atoms with E-state index in [2.05, 4.69) is 34.0 Å². The second kappa shape index (κ2) is 9.09. The summed E-state index contributed by atoms with van der Waals surface area (Å²) in [7, 11) is 2.19. The van der Waals surface area contributed by atoms with Gasteiger partial charge in [-0.1, -0.05) is 37.8 Å². The molecule has 0 N–H and O–H groups in total. The van der Waals surface area contributed by atoms with Crippen LogP contribution in [0.15, 0.2) is 35.4 Å². The molecule has 0 saturated heterocycles. The number of pyridine rings is 1. The topological polar surface area (TPSA) is 55.1 Å². The van der Waals surface area contributed by atoms with Crippen LogP contribution in [0.3, 0.4) is 0 Å². The van der Waals surface area contributed by atoms with Gasteiger partial charge in [0.25, 0.3) is 0 Å². The molecule has 0 aromatic carbocycles. The van der Waals surface area contributed by atoms with E-state index in [0.717, 1.165) is 11.5 Å². The van der Waals surface area contributed by atoms with Crippen molar-refractivity contribution in [3.63, 3.8) is 0 Å². The molecule has 3 rings (SSSR count). The summed E-state index contributed by atoms with van der Waals surface area (Å²) in [5.74, 6) is 1.58. The van der Waals surface area contributed by atoms with Crippen molar-refractivity contribution in [2.75, 3.05) is 7.05 Å². The second-order valence-electron chi connectivity index (χ2n) is 7.30. The zero-order valence-corrected chi connectivity index (χ0v) is 15.5. The minimum absolute atomic E-state index is 0.00661. The molecule has 0 bridgehead atoms. The van der Waals surface area contributed by atoms with Gasteiger partial charge in [0.05, 0.1) is 0 Å². The van der Waals surface area contributed by atoms with Crippen molar-refractivity contribution in [1.29, 1.82) is 0 Å². The van der Waals surface area contributed by atoms with Crippen molar-refractivity contribution in [3.05, 3.63) is 42.3 Å². The molecule has 0 radical (unpaired) electrons. The van der Waals surface area contributed by atoms with Crippen molar-refractivity contribution in [1.82, 2.24) is 20.0 Å². The largest absolute Gasteiger partial charge is 0.338 e. The molecule has 25 heavy (non-hydrogen) atoms. The van der Waals surface area contributed by atoms with E-state index in [1.165, 1.54) is 57.7 Å². The molecule has 5 nitrogen and oxygen atoms in total. The van der Waals surface area contributed by atoms with Crippen LogP contribution < -0.4 is 0 Å². The third-order valence-corrected chi connectivity index (χ3v) is 5.65. The maximum atomic E-state index is 5.43. The van der Waals surface area contributed by atoms with E-state index >= 15 is 0 Å². The Bertz CT molecular complexity index is 593. The van der Waals surface area contributed by atoms with Crippen molar-refractivity contribution in [2.45, 2.75) is 70.4 Å². The molecule has 136 valence electrons. The van der Waals surface area contributed by atoms with Gasteiger partial charge in [0, 0.05) is 18.4 Å². The van der Waals surface area contributed by atoms with E-state index in [1.807, 2.05) is 24.5 Å². The van der Waals surface area contributed by atoms with Gasteiger partial charge in [0.15, 0.2) is 6.33 Å². The smallest absolute Gasteiger partial charge is 0.248 e. The molecule has 1 unspecified atom stereocenters. The summed E-state index contributed by atoms with van der Waals surface area (Å²) in [5, 5.41) is 3.82. The number of unbranched alkanes of at least 4 members (excludes halogenated alkanes) is 2. The molecule has 2 heterocycles. The molecule has 0 amide bonds. The van der Waals surface area contributed by atoms with E-state index < -0.39 is 0 Å². The first-order valence-corrected chi connectivity index (χ1v) is 9.68. The van der Waals surface area contributed by atoms with Gasteiger partial charge >= 0.3 is 0 Å². The van der Waals surface area contributed by atoms with Crippen LogP contribution in [0.4, 0.5) is 0 Å². The van der Waals surface area contributed by atoms with Gasteiger partial charge in [0.2, 0.25) is 5.89 Å². The van der Waals surface area contributed by atoms with E-state index in [0.29, 0.717) is 11.9 Å². The number of nitrogens with zero attached hydrogens (tertiary/aromatic N) is 4. The Hall–Kier alpha value is -1.75. The normalized spacial score (nSPS) is 22.2. The molecule has 1 fully saturated rings. The van der Waals surface area contributed by atoms with Crippen LogP contribution in [0.25, 0.3) is 0 Å². The second-order valence-corrected chi connectivity index (χ2v) is 7.30. The lowest BCUT2D eigenvalue weighted by atomic mass is 9.82. The summed E-state index contributed by atoms with van der Waals surface area (Å²) in [6.07, 6.45) is 15.8. The minimum atomic E-state index is 0.00661. The highest BCUT2D eigenvalue weighted by Crippen LogP contribution is 2.35. The zero-order chi connectivity index (χ0) is 17.5. The van der Waals surface area contributed by atoms with Crippen LogP contribution in [0, 0.1) is 5.92 Å². The Kier molecular flexibility index (Phi) is 6.56. The number of aromatic nitrogens is 3. The lowest BCUT2D eigenvalue weighted by Crippen LogP contribution is -2.38. The molecular formula is C20H30N4O. The summed E-state index contributed by atoms with van der Waals surface area (Å²) < 4.78 is 5.43. The monoisotopic (exact) mass is 342 g/mol. The molecule has 2 aromatic rings. The summed E-state index contributed by atoms with van der Waals surface area (Å²) in [6, 6.07) is 4.66. The van der Waals surface area contributed by atoms with E-state index in [4.69, 9.17) is 4.52 Å². The lowest BCUT2D eigenvalue weighted by Gasteiger charge is -2.38. The number of rotatable bonds is 8. The molecule has 1 saturated carbocycles. The average Bonchev–Trinajstić information content (AvgIpc) is 3.18. The van der Waals surface area contributed by atoms with Gasteiger partial charge in [-0.15, -0.1) is 0 Å². The lowest BCUT2D eigenvalue weighted by molar-refractivity contribution is 0.116. The maximum absolute atomic E-state index is 5.43. The van der Waals surface area contributed by atoms with Crippen LogP contribution in [0.1, 0.15) is 75.8 Å². The van der Waals surface area contributed by atoms with Gasteiger partial charge in [-0.3, -0.25) is 9.88 Å². The van der Waals surface area contributed by atoms with Gasteiger partial charge in [-0.05, 0) is 56.3 Å². The van der Waals surface area contributed by atoms with Crippen LogP contribution in [-0.2, 0) is 0 Å². The number of hydrogen-bond donors (Lipinski definition) is 0. The maximum Gasteiger partial charge on any atom is 0.248 e. The predicted molar refractivity (Wildman–Crippen MR) is 98.0 cm³/mol. The van der Waals surface area contributed by atoms with Crippen LogP contribution in [0.2, 0.25) is 0 Å². The van der Waals surface area contributed by atoms with Crippen molar-refractivity contribution in [3.8, 4) is 0 Å². The van der Waals surface area contributed by atoms with Crippen molar-refractivity contribution in [2.24, 2.45) is 5.92 Å². The first kappa shape index (κ1) is 18.1. The van der Waals surface area contributed by atoms with E-state index in [-0.39, 0.29) is 6.04 Å². The highest BCUT2D eigenvalue weighted by molar-refractivity contribution is 5.21. The quantitative estimate of drug-likeness (QED) is 0.655. The number of hydrogen-bond acceptors (Lipinski definition) is 5. The molecule has 5 heteroatoms. The van der Waals surface area contributed by atoms with Gasteiger partial charge in [-0.25, -0.2) is 0 Å². The van der Waals surface area contributed by atoms with Gasteiger partial charge < -0.3 is 4.52 Å². The van der Waals surface area contributed by atoms with Crippen LogP contribution >= 0.6 is 0 Å². The fourth-order valence-corrected chi connectivity index (χ4v) is 4.13. The molecule has 1 atom stereocenters. The zero-order valence-electron chi connectivity index (χ0n) is 15.5. The Balaban J connectivity index is 1.65. The summed E-state index contributed by atoms with van der Waals surface area (Å²) in [4.78, 5) is 10.9. The molecule has 0 aliphatic heterocycles. The van der Waals surface area contributed by atoms with Crippen LogP contribution in [-0.4, -0.2) is 33.1 Å². The fraction of sp³-hybridized carbons (Fsp3) is 0.650.